The summed E-state index contributed by atoms with van der Waals surface area (Å²) in [6, 6.07) is 6.67. The van der Waals surface area contributed by atoms with Gasteiger partial charge in [0, 0.05) is 11.8 Å². The SMILES string of the molecule is COC(=O)c1ccc(C)c(NC(=O)COC(=O)/C=C/c2ccsc2)c1. The third-order valence-electron chi connectivity index (χ3n) is 3.23. The van der Waals surface area contributed by atoms with Crippen LogP contribution in [0.3, 0.4) is 0 Å². The highest BCUT2D eigenvalue weighted by Gasteiger charge is 2.11. The van der Waals surface area contributed by atoms with E-state index in [4.69, 9.17) is 4.74 Å². The van der Waals surface area contributed by atoms with Crippen LogP contribution in [0.1, 0.15) is 21.5 Å². The Kier molecular flexibility index (Phi) is 6.47. The minimum Gasteiger partial charge on any atom is -0.465 e. The van der Waals surface area contributed by atoms with Crippen molar-refractivity contribution >= 4 is 40.9 Å². The number of nitrogens with one attached hydrogen (secondary N) is 1. The zero-order chi connectivity index (χ0) is 18.2. The van der Waals surface area contributed by atoms with E-state index >= 15 is 0 Å². The van der Waals surface area contributed by atoms with Crippen LogP contribution in [-0.2, 0) is 19.1 Å². The maximum Gasteiger partial charge on any atom is 0.337 e. The lowest BCUT2D eigenvalue weighted by molar-refractivity contribution is -0.142. The average Bonchev–Trinajstić information content (AvgIpc) is 3.13. The van der Waals surface area contributed by atoms with Gasteiger partial charge in [-0.05, 0) is 53.1 Å². The molecule has 1 amide bonds. The van der Waals surface area contributed by atoms with E-state index in [9.17, 15) is 14.4 Å². The molecule has 1 aromatic carbocycles. The second-order valence-corrected chi connectivity index (χ2v) is 5.85. The highest BCUT2D eigenvalue weighted by molar-refractivity contribution is 7.08. The van der Waals surface area contributed by atoms with E-state index < -0.39 is 24.5 Å². The Labute approximate surface area is 149 Å². The molecule has 2 rings (SSSR count). The van der Waals surface area contributed by atoms with Gasteiger partial charge in [-0.3, -0.25) is 4.79 Å². The first-order valence-electron chi connectivity index (χ1n) is 7.35. The van der Waals surface area contributed by atoms with Crippen LogP contribution >= 0.6 is 11.3 Å². The van der Waals surface area contributed by atoms with Crippen molar-refractivity contribution in [3.63, 3.8) is 0 Å². The van der Waals surface area contributed by atoms with Crippen LogP contribution in [0.2, 0.25) is 0 Å². The van der Waals surface area contributed by atoms with Crippen LogP contribution in [0.5, 0.6) is 0 Å². The summed E-state index contributed by atoms with van der Waals surface area (Å²) in [5, 5.41) is 6.38. The van der Waals surface area contributed by atoms with E-state index in [1.54, 1.807) is 25.1 Å². The predicted molar refractivity (Wildman–Crippen MR) is 95.5 cm³/mol. The van der Waals surface area contributed by atoms with Crippen molar-refractivity contribution in [1.29, 1.82) is 0 Å². The molecule has 0 aliphatic rings. The molecule has 1 N–H and O–H groups in total. The first-order valence-corrected chi connectivity index (χ1v) is 8.29. The molecule has 7 heteroatoms. The molecular weight excluding hydrogens is 342 g/mol. The molecule has 0 fully saturated rings. The largest absolute Gasteiger partial charge is 0.465 e. The number of carbonyl (C=O) groups is 3. The highest BCUT2D eigenvalue weighted by Crippen LogP contribution is 2.17. The van der Waals surface area contributed by atoms with Crippen LogP contribution < -0.4 is 5.32 Å². The van der Waals surface area contributed by atoms with Gasteiger partial charge in [0.05, 0.1) is 12.7 Å². The number of esters is 2. The minimum atomic E-state index is -0.610. The summed E-state index contributed by atoms with van der Waals surface area (Å²) in [4.78, 5) is 35.1. The van der Waals surface area contributed by atoms with Crippen LogP contribution in [0.15, 0.2) is 41.1 Å². The van der Waals surface area contributed by atoms with Crippen molar-refractivity contribution < 1.29 is 23.9 Å². The van der Waals surface area contributed by atoms with E-state index in [1.807, 2.05) is 16.8 Å². The van der Waals surface area contributed by atoms with E-state index in [0.717, 1.165) is 11.1 Å². The van der Waals surface area contributed by atoms with Gasteiger partial charge in [-0.1, -0.05) is 6.07 Å². The smallest absolute Gasteiger partial charge is 0.337 e. The van der Waals surface area contributed by atoms with Gasteiger partial charge in [0.2, 0.25) is 0 Å². The van der Waals surface area contributed by atoms with E-state index in [0.29, 0.717) is 11.3 Å². The maximum absolute atomic E-state index is 11.9. The summed E-state index contributed by atoms with van der Waals surface area (Å²) < 4.78 is 9.53. The van der Waals surface area contributed by atoms with Crippen molar-refractivity contribution in [3.05, 3.63) is 57.8 Å². The third kappa shape index (κ3) is 5.58. The number of anilines is 1. The molecule has 0 aliphatic heterocycles. The lowest BCUT2D eigenvalue weighted by Gasteiger charge is -2.10. The first kappa shape index (κ1) is 18.4. The fourth-order valence-electron chi connectivity index (χ4n) is 1.91. The minimum absolute atomic E-state index is 0.319. The van der Waals surface area contributed by atoms with Crippen molar-refractivity contribution in [2.24, 2.45) is 0 Å². The zero-order valence-electron chi connectivity index (χ0n) is 13.8. The number of hydrogen-bond acceptors (Lipinski definition) is 6. The Morgan fingerprint density at radius 3 is 2.72 bits per heavy atom. The number of benzene rings is 1. The molecule has 0 unspecified atom stereocenters. The highest BCUT2D eigenvalue weighted by atomic mass is 32.1. The van der Waals surface area contributed by atoms with Gasteiger partial charge in [-0.15, -0.1) is 0 Å². The topological polar surface area (TPSA) is 81.7 Å². The van der Waals surface area contributed by atoms with Crippen molar-refractivity contribution in [1.82, 2.24) is 0 Å². The molecular formula is C18H17NO5S. The Morgan fingerprint density at radius 1 is 1.24 bits per heavy atom. The Morgan fingerprint density at radius 2 is 2.04 bits per heavy atom. The van der Waals surface area contributed by atoms with Crippen LogP contribution in [0, 0.1) is 6.92 Å². The summed E-state index contributed by atoms with van der Waals surface area (Å²) in [7, 11) is 1.28. The van der Waals surface area contributed by atoms with Gasteiger partial charge in [-0.2, -0.15) is 11.3 Å². The molecule has 1 heterocycles. The molecule has 6 nitrogen and oxygen atoms in total. The van der Waals surface area contributed by atoms with E-state index in [1.165, 1.54) is 30.6 Å². The van der Waals surface area contributed by atoms with Gasteiger partial charge in [0.25, 0.3) is 5.91 Å². The Hall–Kier alpha value is -2.93. The lowest BCUT2D eigenvalue weighted by atomic mass is 10.1. The normalized spacial score (nSPS) is 10.5. The molecule has 2 aromatic rings. The molecule has 1 aromatic heterocycles. The zero-order valence-corrected chi connectivity index (χ0v) is 14.6. The number of thiophene rings is 1. The van der Waals surface area contributed by atoms with E-state index in [2.05, 4.69) is 10.1 Å². The molecule has 0 saturated carbocycles. The number of ether oxygens (including phenoxy) is 2. The Balaban J connectivity index is 1.89. The van der Waals surface area contributed by atoms with Gasteiger partial charge in [0.15, 0.2) is 6.61 Å². The molecule has 25 heavy (non-hydrogen) atoms. The first-order chi connectivity index (χ1) is 12.0. The second-order valence-electron chi connectivity index (χ2n) is 5.07. The molecule has 130 valence electrons. The van der Waals surface area contributed by atoms with E-state index in [-0.39, 0.29) is 0 Å². The van der Waals surface area contributed by atoms with Crippen LogP contribution in [0.25, 0.3) is 6.08 Å². The number of hydrogen-bond donors (Lipinski definition) is 1. The second kappa shape index (κ2) is 8.79. The maximum atomic E-state index is 11.9. The standard InChI is InChI=1S/C18H17NO5S/c1-12-3-5-14(18(22)23-2)9-15(12)19-16(20)10-24-17(21)6-4-13-7-8-25-11-13/h3-9,11H,10H2,1-2H3,(H,19,20)/b6-4+. The fraction of sp³-hybridized carbons (Fsp3) is 0.167. The lowest BCUT2D eigenvalue weighted by Crippen LogP contribution is -2.21. The van der Waals surface area contributed by atoms with Gasteiger partial charge in [0.1, 0.15) is 0 Å². The van der Waals surface area contributed by atoms with Gasteiger partial charge >= 0.3 is 11.9 Å². The third-order valence-corrected chi connectivity index (χ3v) is 3.93. The quantitative estimate of drug-likeness (QED) is 0.633. The summed E-state index contributed by atoms with van der Waals surface area (Å²) in [5.74, 6) is -1.61. The summed E-state index contributed by atoms with van der Waals surface area (Å²) in [5.41, 5.74) is 2.43. The number of rotatable bonds is 6. The van der Waals surface area contributed by atoms with Crippen LogP contribution in [-0.4, -0.2) is 31.6 Å². The number of carbonyl (C=O) groups excluding carboxylic acids is 3. The molecule has 0 radical (unpaired) electrons. The fourth-order valence-corrected chi connectivity index (χ4v) is 2.54. The summed E-state index contributed by atoms with van der Waals surface area (Å²) in [6.45, 7) is 1.36. The monoisotopic (exact) mass is 359 g/mol. The average molecular weight is 359 g/mol. The van der Waals surface area contributed by atoms with Crippen LogP contribution in [0.4, 0.5) is 5.69 Å². The van der Waals surface area contributed by atoms with Crippen molar-refractivity contribution in [2.45, 2.75) is 6.92 Å². The number of methoxy groups -OCH3 is 1. The molecule has 0 aliphatic carbocycles. The molecule has 0 atom stereocenters. The predicted octanol–water partition coefficient (Wildman–Crippen LogP) is 3.04. The Bertz CT molecular complexity index is 796. The molecule has 0 saturated heterocycles. The number of amides is 1. The van der Waals surface area contributed by atoms with Crippen molar-refractivity contribution in [2.75, 3.05) is 19.0 Å². The molecule has 0 spiro atoms. The van der Waals surface area contributed by atoms with Crippen molar-refractivity contribution in [3.8, 4) is 0 Å². The van der Waals surface area contributed by atoms with Gasteiger partial charge in [-0.25, -0.2) is 9.59 Å². The summed E-state index contributed by atoms with van der Waals surface area (Å²) >= 11 is 1.52. The number of aryl methyl sites for hydroxylation is 1. The summed E-state index contributed by atoms with van der Waals surface area (Å²) in [6.07, 6.45) is 2.87. The molecule has 0 bridgehead atoms. The van der Waals surface area contributed by atoms with Gasteiger partial charge < -0.3 is 14.8 Å².